The minimum absolute atomic E-state index is 0.191. The number of nitrogens with one attached hydrogen (secondary N) is 1. The first-order chi connectivity index (χ1) is 8.75. The van der Waals surface area contributed by atoms with Crippen LogP contribution < -0.4 is 10.1 Å². The van der Waals surface area contributed by atoms with E-state index in [9.17, 15) is 4.39 Å². The van der Waals surface area contributed by atoms with E-state index in [0.29, 0.717) is 19.0 Å². The fourth-order valence-corrected chi connectivity index (χ4v) is 1.65. The largest absolute Gasteiger partial charge is 0.491 e. The predicted molar refractivity (Wildman–Crippen MR) is 70.6 cm³/mol. The molecule has 4 heteroatoms. The summed E-state index contributed by atoms with van der Waals surface area (Å²) < 4.78 is 23.9. The van der Waals surface area contributed by atoms with E-state index in [4.69, 9.17) is 9.47 Å². The van der Waals surface area contributed by atoms with Gasteiger partial charge in [-0.1, -0.05) is 19.9 Å². The van der Waals surface area contributed by atoms with Crippen LogP contribution in [0.5, 0.6) is 5.75 Å². The lowest BCUT2D eigenvalue weighted by Gasteiger charge is -2.24. The summed E-state index contributed by atoms with van der Waals surface area (Å²) in [7, 11) is 0. The highest BCUT2D eigenvalue weighted by atomic mass is 19.1. The summed E-state index contributed by atoms with van der Waals surface area (Å²) in [6.45, 7) is 8.64. The van der Waals surface area contributed by atoms with Crippen LogP contribution in [-0.4, -0.2) is 32.4 Å². The molecule has 0 radical (unpaired) electrons. The molecule has 1 heterocycles. The zero-order chi connectivity index (χ0) is 13.4. The summed E-state index contributed by atoms with van der Waals surface area (Å²) in [5, 5.41) is 3.28. The topological polar surface area (TPSA) is 30.5 Å². The molecule has 1 N–H and O–H groups in total. The highest BCUT2D eigenvalue weighted by Gasteiger charge is 2.14. The first kappa shape index (κ1) is 14.9. The zero-order valence-electron chi connectivity index (χ0n) is 11.3. The Morgan fingerprint density at radius 3 is 2.89 bits per heavy atom. The Bertz CT molecular complexity index is 352. The smallest absolute Gasteiger partial charge is 0.126 e. The fraction of sp³-hybridized carbons (Fsp3) is 0.571. The Morgan fingerprint density at radius 1 is 1.44 bits per heavy atom. The van der Waals surface area contributed by atoms with Gasteiger partial charge in [-0.15, -0.1) is 0 Å². The molecule has 1 unspecified atom stereocenters. The third kappa shape index (κ3) is 4.63. The van der Waals surface area contributed by atoms with E-state index < -0.39 is 0 Å². The molecule has 1 aromatic rings. The standard InChI is InChI=1S/C12H16FNO2.C2H6/c1-9-2-3-10(13)6-12(9)16-8-11-7-15-5-4-14-11;1-2/h2-3,6,11,14H,4-5,7-8H2,1H3;1-2H3. The molecule has 2 rings (SSSR count). The number of ether oxygens (including phenoxy) is 2. The van der Waals surface area contributed by atoms with Crippen LogP contribution in [0.3, 0.4) is 0 Å². The summed E-state index contributed by atoms with van der Waals surface area (Å²) in [6.07, 6.45) is 0. The van der Waals surface area contributed by atoms with E-state index in [-0.39, 0.29) is 11.9 Å². The third-order valence-corrected chi connectivity index (χ3v) is 2.59. The second kappa shape index (κ2) is 8.06. The number of morpholine rings is 1. The van der Waals surface area contributed by atoms with Gasteiger partial charge in [-0.3, -0.25) is 0 Å². The maximum absolute atomic E-state index is 13.0. The van der Waals surface area contributed by atoms with Gasteiger partial charge in [0.25, 0.3) is 0 Å². The molecular formula is C14H22FNO2. The molecule has 0 spiro atoms. The van der Waals surface area contributed by atoms with Gasteiger partial charge in [-0.05, 0) is 18.6 Å². The average Bonchev–Trinajstić information content (AvgIpc) is 2.43. The van der Waals surface area contributed by atoms with Gasteiger partial charge in [-0.2, -0.15) is 0 Å². The number of benzene rings is 1. The molecule has 0 saturated carbocycles. The van der Waals surface area contributed by atoms with Gasteiger partial charge in [0.15, 0.2) is 0 Å². The molecule has 1 aromatic carbocycles. The minimum Gasteiger partial charge on any atom is -0.491 e. The van der Waals surface area contributed by atoms with Gasteiger partial charge < -0.3 is 14.8 Å². The summed E-state index contributed by atoms with van der Waals surface area (Å²) in [4.78, 5) is 0. The average molecular weight is 255 g/mol. The van der Waals surface area contributed by atoms with Crippen LogP contribution in [0.1, 0.15) is 19.4 Å². The second-order valence-electron chi connectivity index (χ2n) is 3.95. The molecule has 1 saturated heterocycles. The highest BCUT2D eigenvalue weighted by molar-refractivity contribution is 5.32. The number of halogens is 1. The molecule has 1 aliphatic rings. The Morgan fingerprint density at radius 2 is 2.22 bits per heavy atom. The van der Waals surface area contributed by atoms with E-state index >= 15 is 0 Å². The lowest BCUT2D eigenvalue weighted by molar-refractivity contribution is 0.0591. The summed E-state index contributed by atoms with van der Waals surface area (Å²) >= 11 is 0. The van der Waals surface area contributed by atoms with E-state index in [2.05, 4.69) is 5.32 Å². The van der Waals surface area contributed by atoms with Crippen molar-refractivity contribution >= 4 is 0 Å². The highest BCUT2D eigenvalue weighted by Crippen LogP contribution is 2.18. The zero-order valence-corrected chi connectivity index (χ0v) is 11.3. The van der Waals surface area contributed by atoms with Crippen LogP contribution in [0.15, 0.2) is 18.2 Å². The van der Waals surface area contributed by atoms with Crippen molar-refractivity contribution < 1.29 is 13.9 Å². The molecular weight excluding hydrogens is 233 g/mol. The summed E-state index contributed by atoms with van der Waals surface area (Å²) in [5.74, 6) is 0.334. The quantitative estimate of drug-likeness (QED) is 0.900. The van der Waals surface area contributed by atoms with Gasteiger partial charge in [0.2, 0.25) is 0 Å². The van der Waals surface area contributed by atoms with Gasteiger partial charge in [0, 0.05) is 12.6 Å². The first-order valence-corrected chi connectivity index (χ1v) is 6.46. The Kier molecular flexibility index (Phi) is 6.68. The summed E-state index contributed by atoms with van der Waals surface area (Å²) in [5.41, 5.74) is 0.943. The van der Waals surface area contributed by atoms with Gasteiger partial charge >= 0.3 is 0 Å². The van der Waals surface area contributed by atoms with Crippen molar-refractivity contribution in [3.05, 3.63) is 29.6 Å². The maximum atomic E-state index is 13.0. The Labute approximate surface area is 108 Å². The molecule has 0 bridgehead atoms. The molecule has 0 amide bonds. The molecule has 1 fully saturated rings. The number of rotatable bonds is 3. The van der Waals surface area contributed by atoms with E-state index in [1.807, 2.05) is 20.8 Å². The Balaban J connectivity index is 0.000000771. The van der Waals surface area contributed by atoms with Crippen LogP contribution in [0.4, 0.5) is 4.39 Å². The maximum Gasteiger partial charge on any atom is 0.126 e. The van der Waals surface area contributed by atoms with Crippen molar-refractivity contribution in [2.75, 3.05) is 26.4 Å². The van der Waals surface area contributed by atoms with Crippen molar-refractivity contribution in [2.24, 2.45) is 0 Å². The first-order valence-electron chi connectivity index (χ1n) is 6.46. The van der Waals surface area contributed by atoms with Crippen molar-refractivity contribution in [3.8, 4) is 5.75 Å². The van der Waals surface area contributed by atoms with Crippen LogP contribution in [0, 0.1) is 12.7 Å². The molecule has 0 aliphatic carbocycles. The molecule has 3 nitrogen and oxygen atoms in total. The van der Waals surface area contributed by atoms with Crippen molar-refractivity contribution in [3.63, 3.8) is 0 Å². The van der Waals surface area contributed by atoms with Crippen LogP contribution in [-0.2, 0) is 4.74 Å². The van der Waals surface area contributed by atoms with Crippen LogP contribution >= 0.6 is 0 Å². The third-order valence-electron chi connectivity index (χ3n) is 2.59. The molecule has 102 valence electrons. The van der Waals surface area contributed by atoms with Gasteiger partial charge in [0.05, 0.1) is 19.3 Å². The summed E-state index contributed by atoms with van der Waals surface area (Å²) in [6, 6.07) is 4.76. The van der Waals surface area contributed by atoms with Crippen LogP contribution in [0.2, 0.25) is 0 Å². The van der Waals surface area contributed by atoms with E-state index in [1.165, 1.54) is 12.1 Å². The van der Waals surface area contributed by atoms with Gasteiger partial charge in [-0.25, -0.2) is 4.39 Å². The van der Waals surface area contributed by atoms with Crippen molar-refractivity contribution in [1.29, 1.82) is 0 Å². The normalized spacial score (nSPS) is 18.8. The predicted octanol–water partition coefficient (Wildman–Crippen LogP) is 2.53. The van der Waals surface area contributed by atoms with E-state index in [1.54, 1.807) is 6.07 Å². The van der Waals surface area contributed by atoms with Crippen molar-refractivity contribution in [1.82, 2.24) is 5.32 Å². The molecule has 1 aliphatic heterocycles. The van der Waals surface area contributed by atoms with Crippen LogP contribution in [0.25, 0.3) is 0 Å². The Hall–Kier alpha value is -1.13. The number of hydrogen-bond donors (Lipinski definition) is 1. The molecule has 18 heavy (non-hydrogen) atoms. The second-order valence-corrected chi connectivity index (χ2v) is 3.95. The van der Waals surface area contributed by atoms with Crippen molar-refractivity contribution in [2.45, 2.75) is 26.8 Å². The minimum atomic E-state index is -0.270. The fourth-order valence-electron chi connectivity index (χ4n) is 1.65. The monoisotopic (exact) mass is 255 g/mol. The number of aryl methyl sites for hydroxylation is 1. The lowest BCUT2D eigenvalue weighted by atomic mass is 10.2. The SMILES string of the molecule is CC.Cc1ccc(F)cc1OCC1COCCN1. The lowest BCUT2D eigenvalue weighted by Crippen LogP contribution is -2.44. The van der Waals surface area contributed by atoms with E-state index in [0.717, 1.165) is 18.7 Å². The molecule has 1 atom stereocenters. The molecule has 0 aromatic heterocycles. The van der Waals surface area contributed by atoms with Gasteiger partial charge in [0.1, 0.15) is 18.2 Å². The number of hydrogen-bond acceptors (Lipinski definition) is 3.